The molecule has 1 heterocycles. The Morgan fingerprint density at radius 1 is 1.08 bits per heavy atom. The lowest BCUT2D eigenvalue weighted by Crippen LogP contribution is -2.07. The average molecular weight is 327 g/mol. The van der Waals surface area contributed by atoms with Gasteiger partial charge in [0.2, 0.25) is 0 Å². The smallest absolute Gasteiger partial charge is 0.190 e. The van der Waals surface area contributed by atoms with Crippen LogP contribution in [-0.4, -0.2) is 18.2 Å². The first-order valence-corrected chi connectivity index (χ1v) is 7.65. The lowest BCUT2D eigenvalue weighted by molar-refractivity contribution is 0.231. The molecule has 0 bridgehead atoms. The minimum absolute atomic E-state index is 0.113. The van der Waals surface area contributed by atoms with Gasteiger partial charge in [0.1, 0.15) is 5.75 Å². The van der Waals surface area contributed by atoms with Crippen molar-refractivity contribution in [3.05, 3.63) is 58.5 Å². The molecule has 1 N–H and O–H groups in total. The summed E-state index contributed by atoms with van der Waals surface area (Å²) in [5.74, 6) is 0.369. The van der Waals surface area contributed by atoms with Crippen LogP contribution in [0.15, 0.2) is 47.3 Å². The minimum Gasteiger partial charge on any atom is -0.497 e. The van der Waals surface area contributed by atoms with Crippen LogP contribution in [0.2, 0.25) is 0 Å². The van der Waals surface area contributed by atoms with Crippen molar-refractivity contribution in [3.8, 4) is 22.8 Å². The van der Waals surface area contributed by atoms with Crippen molar-refractivity contribution in [2.45, 2.75) is 20.0 Å². The third-order valence-electron chi connectivity index (χ3n) is 3.64. The zero-order valence-electron chi connectivity index (χ0n) is 13.7. The summed E-state index contributed by atoms with van der Waals surface area (Å²) >= 11 is 0. The molecule has 0 spiro atoms. The van der Waals surface area contributed by atoms with Crippen LogP contribution in [0.3, 0.4) is 0 Å². The van der Waals surface area contributed by atoms with E-state index in [0.717, 1.165) is 0 Å². The molecule has 0 saturated heterocycles. The Bertz CT molecular complexity index is 947. The van der Waals surface area contributed by atoms with E-state index in [9.17, 15) is 9.18 Å². The molecule has 0 fully saturated rings. The lowest BCUT2D eigenvalue weighted by Gasteiger charge is -2.12. The standard InChI is InChI=1S/C19H18FNO3/c1-11(2)24-19-7-4-12(8-15(19)20)16-10-18(22)14-6-5-13(23-3)9-17(14)21-16/h4-11H,1-3H3,(H,21,22). The van der Waals surface area contributed by atoms with E-state index in [1.165, 1.54) is 12.1 Å². The normalized spacial score (nSPS) is 11.0. The molecule has 0 aliphatic rings. The van der Waals surface area contributed by atoms with Crippen LogP contribution in [0.5, 0.6) is 11.5 Å². The van der Waals surface area contributed by atoms with Crippen LogP contribution in [0.4, 0.5) is 4.39 Å². The predicted molar refractivity (Wildman–Crippen MR) is 92.3 cm³/mol. The van der Waals surface area contributed by atoms with E-state index in [2.05, 4.69) is 4.98 Å². The van der Waals surface area contributed by atoms with E-state index in [-0.39, 0.29) is 17.3 Å². The number of H-pyrrole nitrogens is 1. The molecule has 24 heavy (non-hydrogen) atoms. The van der Waals surface area contributed by atoms with Crippen LogP contribution in [0.25, 0.3) is 22.2 Å². The van der Waals surface area contributed by atoms with E-state index in [0.29, 0.717) is 27.9 Å². The molecule has 0 aliphatic carbocycles. The Labute approximate surface area is 138 Å². The van der Waals surface area contributed by atoms with Gasteiger partial charge in [0, 0.05) is 28.8 Å². The summed E-state index contributed by atoms with van der Waals surface area (Å²) in [6.07, 6.45) is -0.113. The minimum atomic E-state index is -0.465. The third-order valence-corrected chi connectivity index (χ3v) is 3.64. The number of aromatic nitrogens is 1. The summed E-state index contributed by atoms with van der Waals surface area (Å²) < 4.78 is 24.8. The predicted octanol–water partition coefficient (Wildman–Crippen LogP) is 4.13. The van der Waals surface area contributed by atoms with Crippen LogP contribution in [0.1, 0.15) is 13.8 Å². The molecule has 3 rings (SSSR count). The number of fused-ring (bicyclic) bond motifs is 1. The molecular formula is C19H18FNO3. The second-order valence-corrected chi connectivity index (χ2v) is 5.77. The Morgan fingerprint density at radius 3 is 2.54 bits per heavy atom. The van der Waals surface area contributed by atoms with Crippen LogP contribution in [0, 0.1) is 5.82 Å². The van der Waals surface area contributed by atoms with Gasteiger partial charge >= 0.3 is 0 Å². The summed E-state index contributed by atoms with van der Waals surface area (Å²) in [6.45, 7) is 3.67. The lowest BCUT2D eigenvalue weighted by atomic mass is 10.1. The number of methoxy groups -OCH3 is 1. The molecule has 0 unspecified atom stereocenters. The van der Waals surface area contributed by atoms with Gasteiger partial charge in [-0.15, -0.1) is 0 Å². The first-order valence-electron chi connectivity index (χ1n) is 7.65. The van der Waals surface area contributed by atoms with Crippen molar-refractivity contribution in [2.24, 2.45) is 0 Å². The summed E-state index contributed by atoms with van der Waals surface area (Å²) in [5.41, 5.74) is 1.62. The maximum Gasteiger partial charge on any atom is 0.190 e. The zero-order valence-corrected chi connectivity index (χ0v) is 13.7. The summed E-state index contributed by atoms with van der Waals surface area (Å²) in [5, 5.41) is 0.555. The molecule has 1 aromatic heterocycles. The SMILES string of the molecule is COc1ccc2c(=O)cc(-c3ccc(OC(C)C)c(F)c3)[nH]c2c1. The van der Waals surface area contributed by atoms with E-state index in [4.69, 9.17) is 9.47 Å². The molecule has 124 valence electrons. The van der Waals surface area contributed by atoms with E-state index < -0.39 is 5.82 Å². The van der Waals surface area contributed by atoms with Crippen LogP contribution >= 0.6 is 0 Å². The quantitative estimate of drug-likeness (QED) is 0.784. The molecule has 3 aromatic rings. The molecule has 5 heteroatoms. The number of halogens is 1. The van der Waals surface area contributed by atoms with Gasteiger partial charge in [0.05, 0.1) is 18.7 Å². The van der Waals surface area contributed by atoms with Crippen molar-refractivity contribution < 1.29 is 13.9 Å². The molecule has 2 aromatic carbocycles. The van der Waals surface area contributed by atoms with Gasteiger partial charge in [-0.1, -0.05) is 0 Å². The summed E-state index contributed by atoms with van der Waals surface area (Å²) in [6, 6.07) is 11.3. The molecule has 0 radical (unpaired) electrons. The molecule has 0 atom stereocenters. The van der Waals surface area contributed by atoms with E-state index in [1.807, 2.05) is 13.8 Å². The second-order valence-electron chi connectivity index (χ2n) is 5.77. The van der Waals surface area contributed by atoms with Gasteiger partial charge in [0.25, 0.3) is 0 Å². The largest absolute Gasteiger partial charge is 0.497 e. The van der Waals surface area contributed by atoms with E-state index in [1.54, 1.807) is 37.4 Å². The Balaban J connectivity index is 2.09. The number of rotatable bonds is 4. The number of benzene rings is 2. The van der Waals surface area contributed by atoms with Crippen LogP contribution in [-0.2, 0) is 0 Å². The first-order chi connectivity index (χ1) is 11.5. The fraction of sp³-hybridized carbons (Fsp3) is 0.211. The highest BCUT2D eigenvalue weighted by Crippen LogP contribution is 2.26. The number of hydrogen-bond donors (Lipinski definition) is 1. The molecular weight excluding hydrogens is 309 g/mol. The third kappa shape index (κ3) is 3.11. The van der Waals surface area contributed by atoms with Gasteiger partial charge < -0.3 is 14.5 Å². The fourth-order valence-corrected chi connectivity index (χ4v) is 2.53. The summed E-state index contributed by atoms with van der Waals surface area (Å²) in [4.78, 5) is 15.4. The van der Waals surface area contributed by atoms with Gasteiger partial charge in [-0.3, -0.25) is 4.79 Å². The number of aromatic amines is 1. The highest BCUT2D eigenvalue weighted by molar-refractivity contribution is 5.82. The fourth-order valence-electron chi connectivity index (χ4n) is 2.53. The maximum absolute atomic E-state index is 14.2. The number of hydrogen-bond acceptors (Lipinski definition) is 3. The van der Waals surface area contributed by atoms with Crippen molar-refractivity contribution >= 4 is 10.9 Å². The second kappa shape index (κ2) is 6.35. The van der Waals surface area contributed by atoms with Gasteiger partial charge in [-0.2, -0.15) is 0 Å². The first kappa shape index (κ1) is 16.1. The highest BCUT2D eigenvalue weighted by Gasteiger charge is 2.10. The van der Waals surface area contributed by atoms with Crippen molar-refractivity contribution in [1.29, 1.82) is 0 Å². The van der Waals surface area contributed by atoms with Crippen molar-refractivity contribution in [2.75, 3.05) is 7.11 Å². The van der Waals surface area contributed by atoms with Crippen molar-refractivity contribution in [1.82, 2.24) is 4.98 Å². The Hall–Kier alpha value is -2.82. The number of nitrogens with one attached hydrogen (secondary N) is 1. The van der Waals surface area contributed by atoms with E-state index >= 15 is 0 Å². The maximum atomic E-state index is 14.2. The average Bonchev–Trinajstić information content (AvgIpc) is 2.55. The van der Waals surface area contributed by atoms with Gasteiger partial charge in [0.15, 0.2) is 17.0 Å². The highest BCUT2D eigenvalue weighted by atomic mass is 19.1. The molecule has 4 nitrogen and oxygen atoms in total. The van der Waals surface area contributed by atoms with Crippen LogP contribution < -0.4 is 14.9 Å². The van der Waals surface area contributed by atoms with Crippen molar-refractivity contribution in [3.63, 3.8) is 0 Å². The van der Waals surface area contributed by atoms with Gasteiger partial charge in [-0.05, 0) is 44.2 Å². The molecule has 0 amide bonds. The monoisotopic (exact) mass is 327 g/mol. The number of ether oxygens (including phenoxy) is 2. The molecule has 0 saturated carbocycles. The summed E-state index contributed by atoms with van der Waals surface area (Å²) in [7, 11) is 1.56. The molecule has 0 aliphatic heterocycles. The van der Waals surface area contributed by atoms with Gasteiger partial charge in [-0.25, -0.2) is 4.39 Å². The zero-order chi connectivity index (χ0) is 17.3. The topological polar surface area (TPSA) is 51.3 Å². The Kier molecular flexibility index (Phi) is 4.25. The Morgan fingerprint density at radius 2 is 1.88 bits per heavy atom. The number of pyridine rings is 1.